The minimum absolute atomic E-state index is 0.734. The molecule has 0 amide bonds. The topological polar surface area (TPSA) is 56.8 Å². The van der Waals surface area contributed by atoms with Crippen molar-refractivity contribution in [1.82, 2.24) is 15.0 Å². The Labute approximate surface area is 154 Å². The molecule has 1 aliphatic heterocycles. The fourth-order valence-electron chi connectivity index (χ4n) is 3.84. The van der Waals surface area contributed by atoms with Gasteiger partial charge in [-0.3, -0.25) is 0 Å². The molecule has 1 atom stereocenters. The van der Waals surface area contributed by atoms with Crippen LogP contribution in [0.25, 0.3) is 10.9 Å². The summed E-state index contributed by atoms with van der Waals surface area (Å²) in [6, 6.07) is 10.5. The molecule has 26 heavy (non-hydrogen) atoms. The highest BCUT2D eigenvalue weighted by atomic mass is 15.2. The summed E-state index contributed by atoms with van der Waals surface area (Å²) >= 11 is 0. The van der Waals surface area contributed by atoms with Crippen LogP contribution in [-0.2, 0) is 6.42 Å². The molecule has 5 nitrogen and oxygen atoms in total. The van der Waals surface area contributed by atoms with Crippen molar-refractivity contribution in [2.24, 2.45) is 5.92 Å². The lowest BCUT2D eigenvalue weighted by atomic mass is 10.0. The number of nitrogens with one attached hydrogen (secondary N) is 2. The van der Waals surface area contributed by atoms with Crippen molar-refractivity contribution < 1.29 is 0 Å². The van der Waals surface area contributed by atoms with E-state index >= 15 is 0 Å². The lowest BCUT2D eigenvalue weighted by Crippen LogP contribution is -2.35. The molecule has 4 rings (SSSR count). The van der Waals surface area contributed by atoms with Crippen LogP contribution >= 0.6 is 0 Å². The molecule has 1 fully saturated rings. The van der Waals surface area contributed by atoms with Crippen LogP contribution in [0.4, 0.5) is 11.8 Å². The second-order valence-corrected chi connectivity index (χ2v) is 7.42. The van der Waals surface area contributed by atoms with E-state index in [-0.39, 0.29) is 0 Å². The van der Waals surface area contributed by atoms with Gasteiger partial charge in [0.05, 0.1) is 0 Å². The lowest BCUT2D eigenvalue weighted by molar-refractivity contribution is 0.444. The summed E-state index contributed by atoms with van der Waals surface area (Å²) in [7, 11) is 0. The first-order valence-electron chi connectivity index (χ1n) is 9.58. The number of para-hydroxylation sites is 1. The predicted octanol–water partition coefficient (Wildman–Crippen LogP) is 4.16. The number of H-pyrrole nitrogens is 1. The Bertz CT molecular complexity index is 885. The highest BCUT2D eigenvalue weighted by Gasteiger charge is 2.18. The second-order valence-electron chi connectivity index (χ2n) is 7.42. The van der Waals surface area contributed by atoms with E-state index < -0.39 is 0 Å². The van der Waals surface area contributed by atoms with Gasteiger partial charge in [0.15, 0.2) is 0 Å². The monoisotopic (exact) mass is 349 g/mol. The maximum absolute atomic E-state index is 4.77. The summed E-state index contributed by atoms with van der Waals surface area (Å²) < 4.78 is 0. The van der Waals surface area contributed by atoms with Crippen molar-refractivity contribution in [3.05, 3.63) is 47.8 Å². The number of aryl methyl sites for hydroxylation is 1. The number of piperidine rings is 1. The summed E-state index contributed by atoms with van der Waals surface area (Å²) in [6.45, 7) is 7.37. The van der Waals surface area contributed by atoms with Crippen LogP contribution in [0, 0.1) is 12.8 Å². The summed E-state index contributed by atoms with van der Waals surface area (Å²) in [4.78, 5) is 15.1. The van der Waals surface area contributed by atoms with E-state index in [0.717, 1.165) is 49.4 Å². The van der Waals surface area contributed by atoms with E-state index in [1.54, 1.807) is 0 Å². The third-order valence-corrected chi connectivity index (χ3v) is 5.17. The Morgan fingerprint density at radius 3 is 3.04 bits per heavy atom. The quantitative estimate of drug-likeness (QED) is 0.726. The van der Waals surface area contributed by atoms with Gasteiger partial charge in [-0.2, -0.15) is 4.98 Å². The van der Waals surface area contributed by atoms with Gasteiger partial charge >= 0.3 is 0 Å². The maximum Gasteiger partial charge on any atom is 0.224 e. The Morgan fingerprint density at radius 2 is 2.15 bits per heavy atom. The number of hydrogen-bond acceptors (Lipinski definition) is 4. The van der Waals surface area contributed by atoms with Crippen LogP contribution in [0.5, 0.6) is 0 Å². The Kier molecular flexibility index (Phi) is 4.78. The zero-order valence-corrected chi connectivity index (χ0v) is 15.6. The van der Waals surface area contributed by atoms with Crippen molar-refractivity contribution in [2.75, 3.05) is 29.9 Å². The van der Waals surface area contributed by atoms with Crippen LogP contribution in [0.1, 0.15) is 31.0 Å². The number of nitrogens with zero attached hydrogens (tertiary/aromatic N) is 3. The first kappa shape index (κ1) is 16.9. The molecule has 136 valence electrons. The molecule has 0 bridgehead atoms. The maximum atomic E-state index is 4.77. The van der Waals surface area contributed by atoms with Gasteiger partial charge in [0.1, 0.15) is 5.82 Å². The third kappa shape index (κ3) is 3.66. The summed E-state index contributed by atoms with van der Waals surface area (Å²) in [5.41, 5.74) is 3.53. The van der Waals surface area contributed by atoms with Gasteiger partial charge in [0.25, 0.3) is 0 Å². The summed E-state index contributed by atoms with van der Waals surface area (Å²) in [6.07, 6.45) is 5.60. The largest absolute Gasteiger partial charge is 0.361 e. The molecule has 0 saturated carbocycles. The van der Waals surface area contributed by atoms with Crippen molar-refractivity contribution in [3.63, 3.8) is 0 Å². The minimum Gasteiger partial charge on any atom is -0.361 e. The van der Waals surface area contributed by atoms with E-state index in [4.69, 9.17) is 4.98 Å². The highest BCUT2D eigenvalue weighted by Crippen LogP contribution is 2.23. The molecule has 3 heterocycles. The molecule has 1 saturated heterocycles. The number of benzene rings is 1. The molecule has 5 heteroatoms. The first-order valence-corrected chi connectivity index (χ1v) is 9.58. The van der Waals surface area contributed by atoms with E-state index in [1.807, 2.05) is 6.92 Å². The van der Waals surface area contributed by atoms with Crippen molar-refractivity contribution in [1.29, 1.82) is 0 Å². The average Bonchev–Trinajstić information content (AvgIpc) is 3.05. The Hall–Kier alpha value is -2.56. The highest BCUT2D eigenvalue weighted by molar-refractivity contribution is 5.83. The summed E-state index contributed by atoms with van der Waals surface area (Å²) in [5.74, 6) is 2.52. The molecule has 1 unspecified atom stereocenters. The predicted molar refractivity (Wildman–Crippen MR) is 108 cm³/mol. The van der Waals surface area contributed by atoms with Gasteiger partial charge in [-0.1, -0.05) is 25.1 Å². The molecule has 1 aromatic carbocycles. The van der Waals surface area contributed by atoms with Gasteiger partial charge < -0.3 is 15.2 Å². The van der Waals surface area contributed by atoms with Gasteiger partial charge in [-0.25, -0.2) is 4.98 Å². The van der Waals surface area contributed by atoms with E-state index in [0.29, 0.717) is 0 Å². The smallest absolute Gasteiger partial charge is 0.224 e. The normalized spacial score (nSPS) is 17.6. The molecule has 2 N–H and O–H groups in total. The van der Waals surface area contributed by atoms with Gasteiger partial charge in [0.2, 0.25) is 5.95 Å². The summed E-state index contributed by atoms with van der Waals surface area (Å²) in [5, 5.41) is 4.71. The van der Waals surface area contributed by atoms with Crippen molar-refractivity contribution in [2.45, 2.75) is 33.1 Å². The molecule has 3 aromatic rings. The fourth-order valence-corrected chi connectivity index (χ4v) is 3.84. The number of aromatic amines is 1. The van der Waals surface area contributed by atoms with Crippen LogP contribution in [0.3, 0.4) is 0 Å². The Morgan fingerprint density at radius 1 is 1.27 bits per heavy atom. The van der Waals surface area contributed by atoms with Crippen LogP contribution in [0.2, 0.25) is 0 Å². The van der Waals surface area contributed by atoms with Crippen LogP contribution in [-0.4, -0.2) is 34.6 Å². The Balaban J connectivity index is 1.43. The third-order valence-electron chi connectivity index (χ3n) is 5.17. The zero-order valence-electron chi connectivity index (χ0n) is 15.6. The molecule has 2 aromatic heterocycles. The number of hydrogen-bond donors (Lipinski definition) is 2. The zero-order chi connectivity index (χ0) is 17.9. The number of rotatable bonds is 5. The average molecular weight is 349 g/mol. The molecular formula is C21H27N5. The molecule has 0 spiro atoms. The van der Waals surface area contributed by atoms with Gasteiger partial charge in [-0.05, 0) is 43.7 Å². The molecule has 0 radical (unpaired) electrons. The van der Waals surface area contributed by atoms with E-state index in [2.05, 4.69) is 63.6 Å². The second kappa shape index (κ2) is 7.36. The fraction of sp³-hybridized carbons (Fsp3) is 0.429. The van der Waals surface area contributed by atoms with Crippen LogP contribution < -0.4 is 10.2 Å². The van der Waals surface area contributed by atoms with Crippen LogP contribution in [0.15, 0.2) is 36.5 Å². The minimum atomic E-state index is 0.734. The van der Waals surface area contributed by atoms with Crippen molar-refractivity contribution in [3.8, 4) is 0 Å². The standard InChI is InChI=1S/C21H27N5/c1-15-6-5-11-26(14-15)20-12-16(2)24-21(25-20)22-10-9-17-13-23-19-8-4-3-7-18(17)19/h3-4,7-8,12-13,15,23H,5-6,9-11,14H2,1-2H3,(H,22,24,25). The number of fused-ring (bicyclic) bond motifs is 1. The SMILES string of the molecule is Cc1cc(N2CCCC(C)C2)nc(NCCc2c[nH]c3ccccc23)n1. The van der Waals surface area contributed by atoms with E-state index in [1.165, 1.54) is 29.3 Å². The van der Waals surface area contributed by atoms with Gasteiger partial charge in [0, 0.05) is 48.5 Å². The van der Waals surface area contributed by atoms with Gasteiger partial charge in [-0.15, -0.1) is 0 Å². The molecular weight excluding hydrogens is 322 g/mol. The van der Waals surface area contributed by atoms with E-state index in [9.17, 15) is 0 Å². The number of aromatic nitrogens is 3. The molecule has 0 aliphatic carbocycles. The molecule has 1 aliphatic rings. The first-order chi connectivity index (χ1) is 12.7. The number of anilines is 2. The lowest BCUT2D eigenvalue weighted by Gasteiger charge is -2.32. The van der Waals surface area contributed by atoms with Crippen molar-refractivity contribution >= 4 is 22.7 Å².